The highest BCUT2D eigenvalue weighted by molar-refractivity contribution is 4.21. The van der Waals surface area contributed by atoms with Gasteiger partial charge in [-0.2, -0.15) is 0 Å². The first kappa shape index (κ1) is 13.2. The van der Waals surface area contributed by atoms with Crippen LogP contribution in [0.4, 0.5) is 0 Å². The first-order chi connectivity index (χ1) is 4.42. The van der Waals surface area contributed by atoms with Crippen molar-refractivity contribution in [2.75, 3.05) is 34.3 Å². The Hall–Kier alpha value is -0.360. The Morgan fingerprint density at radius 3 is 2.18 bits per heavy atom. The molecule has 0 atom stereocenters. The molecule has 0 radical (unpaired) electrons. The molecule has 0 aromatic heterocycles. The van der Waals surface area contributed by atoms with Gasteiger partial charge in [-0.05, 0) is 0 Å². The fourth-order valence-corrected chi connectivity index (χ4v) is 0.389. The SMILES string of the molecule is C[N+](C)(C)CCO[N+](=O)[O-].[Br-]. The van der Waals surface area contributed by atoms with Gasteiger partial charge in [-0.3, -0.25) is 0 Å². The topological polar surface area (TPSA) is 52.4 Å². The molecule has 0 aromatic carbocycles. The fraction of sp³-hybridized carbons (Fsp3) is 1.00. The third kappa shape index (κ3) is 12.8. The van der Waals surface area contributed by atoms with E-state index in [0.29, 0.717) is 11.0 Å². The summed E-state index contributed by atoms with van der Waals surface area (Å²) in [7, 11) is 5.84. The number of quaternary nitrogens is 1. The first-order valence-electron chi connectivity index (χ1n) is 2.99. The van der Waals surface area contributed by atoms with Crippen molar-refractivity contribution < 1.29 is 31.4 Å². The van der Waals surface area contributed by atoms with Crippen molar-refractivity contribution in [1.82, 2.24) is 0 Å². The minimum atomic E-state index is -0.768. The highest BCUT2D eigenvalue weighted by Gasteiger charge is 2.06. The normalized spacial score (nSPS) is 10.1. The summed E-state index contributed by atoms with van der Waals surface area (Å²) in [5.74, 6) is 0. The van der Waals surface area contributed by atoms with E-state index in [1.807, 2.05) is 21.1 Å². The van der Waals surface area contributed by atoms with E-state index in [9.17, 15) is 10.1 Å². The summed E-state index contributed by atoms with van der Waals surface area (Å²) in [5, 5.41) is 8.89. The second kappa shape index (κ2) is 5.31. The Labute approximate surface area is 76.4 Å². The van der Waals surface area contributed by atoms with Gasteiger partial charge >= 0.3 is 0 Å². The van der Waals surface area contributed by atoms with Gasteiger partial charge in [0.15, 0.2) is 0 Å². The van der Waals surface area contributed by atoms with Gasteiger partial charge in [0.2, 0.25) is 0 Å². The monoisotopic (exact) mass is 228 g/mol. The van der Waals surface area contributed by atoms with Crippen molar-refractivity contribution in [2.45, 2.75) is 0 Å². The molecule has 0 saturated carbocycles. The van der Waals surface area contributed by atoms with Crippen molar-refractivity contribution in [1.29, 1.82) is 0 Å². The zero-order valence-electron chi connectivity index (χ0n) is 6.91. The van der Waals surface area contributed by atoms with Crippen LogP contribution in [0.15, 0.2) is 0 Å². The zero-order chi connectivity index (χ0) is 8.20. The summed E-state index contributed by atoms with van der Waals surface area (Å²) < 4.78 is 0.674. The van der Waals surface area contributed by atoms with Crippen LogP contribution in [-0.2, 0) is 4.84 Å². The van der Waals surface area contributed by atoms with E-state index in [-0.39, 0.29) is 23.6 Å². The lowest BCUT2D eigenvalue weighted by Crippen LogP contribution is -3.00. The number of nitrogens with zero attached hydrogens (tertiary/aromatic N) is 2. The molecule has 0 aliphatic rings. The highest BCUT2D eigenvalue weighted by Crippen LogP contribution is 1.88. The minimum absolute atomic E-state index is 0. The molecule has 0 heterocycles. The average Bonchev–Trinajstić information content (AvgIpc) is 1.59. The molecular weight excluding hydrogens is 216 g/mol. The Morgan fingerprint density at radius 2 is 1.91 bits per heavy atom. The average molecular weight is 229 g/mol. The van der Waals surface area contributed by atoms with E-state index in [0.717, 1.165) is 0 Å². The molecule has 6 heteroatoms. The summed E-state index contributed by atoms with van der Waals surface area (Å²) in [5.41, 5.74) is 0. The van der Waals surface area contributed by atoms with E-state index in [2.05, 4.69) is 4.84 Å². The van der Waals surface area contributed by atoms with Crippen molar-refractivity contribution in [3.8, 4) is 0 Å². The maximum Gasteiger partial charge on any atom is 0.294 e. The van der Waals surface area contributed by atoms with Crippen LogP contribution in [0.3, 0.4) is 0 Å². The Morgan fingerprint density at radius 1 is 1.45 bits per heavy atom. The van der Waals surface area contributed by atoms with E-state index in [4.69, 9.17) is 0 Å². The van der Waals surface area contributed by atoms with Gasteiger partial charge in [-0.1, -0.05) is 0 Å². The van der Waals surface area contributed by atoms with Crippen molar-refractivity contribution in [3.05, 3.63) is 10.1 Å². The van der Waals surface area contributed by atoms with Gasteiger partial charge in [-0.25, -0.2) is 0 Å². The highest BCUT2D eigenvalue weighted by atomic mass is 79.9. The molecule has 0 bridgehead atoms. The summed E-state index contributed by atoms with van der Waals surface area (Å²) in [6.45, 7) is 0.803. The molecule has 0 saturated heterocycles. The van der Waals surface area contributed by atoms with Gasteiger partial charge in [0.1, 0.15) is 13.2 Å². The molecule has 0 aromatic rings. The molecule has 0 spiro atoms. The van der Waals surface area contributed by atoms with Crippen molar-refractivity contribution >= 4 is 0 Å². The zero-order valence-corrected chi connectivity index (χ0v) is 8.50. The molecule has 0 unspecified atom stereocenters. The predicted octanol–water partition coefficient (Wildman–Crippen LogP) is -3.10. The van der Waals surface area contributed by atoms with Crippen molar-refractivity contribution in [3.63, 3.8) is 0 Å². The molecule has 5 nitrogen and oxygen atoms in total. The quantitative estimate of drug-likeness (QED) is 0.291. The molecule has 0 aliphatic carbocycles. The third-order valence-corrected chi connectivity index (χ3v) is 0.959. The van der Waals surface area contributed by atoms with Crippen LogP contribution >= 0.6 is 0 Å². The van der Waals surface area contributed by atoms with Crippen LogP contribution in [0, 0.1) is 10.1 Å². The molecule has 0 fully saturated rings. The van der Waals surface area contributed by atoms with Gasteiger partial charge in [0.25, 0.3) is 5.09 Å². The molecule has 0 aliphatic heterocycles. The Balaban J connectivity index is 0. The van der Waals surface area contributed by atoms with Gasteiger partial charge < -0.3 is 26.3 Å². The number of likely N-dealkylation sites (N-methyl/N-ethyl adjacent to an activating group) is 1. The van der Waals surface area contributed by atoms with Crippen LogP contribution in [0.25, 0.3) is 0 Å². The lowest BCUT2D eigenvalue weighted by atomic mass is 10.5. The van der Waals surface area contributed by atoms with Crippen molar-refractivity contribution in [2.24, 2.45) is 0 Å². The Bertz CT molecular complexity index is 123. The summed E-state index contributed by atoms with van der Waals surface area (Å²) in [6.07, 6.45) is 0. The Kier molecular flexibility index (Phi) is 6.40. The van der Waals surface area contributed by atoms with E-state index in [1.165, 1.54) is 0 Å². The minimum Gasteiger partial charge on any atom is -1.00 e. The fourth-order valence-electron chi connectivity index (χ4n) is 0.389. The van der Waals surface area contributed by atoms with Crippen LogP contribution < -0.4 is 17.0 Å². The standard InChI is InChI=1S/C5H13N2O3.BrH/c1-7(2,3)4-5-10-6(8)9;/h4-5H2,1-3H3;1H/q+1;/p-1. The predicted molar refractivity (Wildman–Crippen MR) is 35.8 cm³/mol. The molecular formula is C5H13BrN2O3. The maximum atomic E-state index is 9.66. The van der Waals surface area contributed by atoms with Crippen LogP contribution in [0.2, 0.25) is 0 Å². The van der Waals surface area contributed by atoms with Gasteiger partial charge in [0, 0.05) is 0 Å². The number of rotatable bonds is 4. The van der Waals surface area contributed by atoms with Gasteiger partial charge in [0.05, 0.1) is 21.1 Å². The van der Waals surface area contributed by atoms with Crippen LogP contribution in [0.5, 0.6) is 0 Å². The maximum absolute atomic E-state index is 9.66. The molecule has 11 heavy (non-hydrogen) atoms. The molecule has 0 N–H and O–H groups in total. The lowest BCUT2D eigenvalue weighted by Gasteiger charge is -2.22. The molecule has 0 amide bonds. The van der Waals surface area contributed by atoms with E-state index >= 15 is 0 Å². The first-order valence-corrected chi connectivity index (χ1v) is 2.99. The molecule has 0 rings (SSSR count). The van der Waals surface area contributed by atoms with Crippen LogP contribution in [-0.4, -0.2) is 43.9 Å². The number of hydrogen-bond acceptors (Lipinski definition) is 3. The summed E-state index contributed by atoms with van der Waals surface area (Å²) >= 11 is 0. The lowest BCUT2D eigenvalue weighted by molar-refractivity contribution is -0.879. The van der Waals surface area contributed by atoms with E-state index < -0.39 is 5.09 Å². The smallest absolute Gasteiger partial charge is 0.294 e. The number of hydrogen-bond donors (Lipinski definition) is 0. The second-order valence-electron chi connectivity index (χ2n) is 3.07. The second-order valence-corrected chi connectivity index (χ2v) is 3.07. The summed E-state index contributed by atoms with van der Waals surface area (Å²) in [6, 6.07) is 0. The number of halogens is 1. The summed E-state index contributed by atoms with van der Waals surface area (Å²) in [4.78, 5) is 13.8. The van der Waals surface area contributed by atoms with Crippen LogP contribution in [0.1, 0.15) is 0 Å². The largest absolute Gasteiger partial charge is 1.00 e. The van der Waals surface area contributed by atoms with E-state index in [1.54, 1.807) is 0 Å². The molecule has 68 valence electrons. The van der Waals surface area contributed by atoms with Gasteiger partial charge in [-0.15, -0.1) is 10.1 Å². The third-order valence-electron chi connectivity index (χ3n) is 0.959.